The van der Waals surface area contributed by atoms with Crippen LogP contribution in [0.2, 0.25) is 0 Å². The molecule has 6 heteroatoms. The normalized spacial score (nSPS) is 13.0. The third-order valence-corrected chi connectivity index (χ3v) is 10.9. The van der Waals surface area contributed by atoms with E-state index in [0.29, 0.717) is 0 Å². The van der Waals surface area contributed by atoms with Crippen LogP contribution in [0.15, 0.2) is 122 Å². The second-order valence-electron chi connectivity index (χ2n) is 13.0. The summed E-state index contributed by atoms with van der Waals surface area (Å²) in [6, 6.07) is 35.1. The maximum Gasteiger partial charge on any atom is 0.100 e. The topological polar surface area (TPSA) is 60.4 Å². The molecule has 218 valence electrons. The van der Waals surface area contributed by atoms with E-state index in [2.05, 4.69) is 116 Å². The smallest absolute Gasteiger partial charge is 0.100 e. The molecule has 0 bridgehead atoms. The molecule has 0 unspecified atom stereocenters. The molecule has 0 fully saturated rings. The Morgan fingerprint density at radius 3 is 1.27 bits per heavy atom. The first-order valence-electron chi connectivity index (χ1n) is 16.2. The monoisotopic (exact) mass is 608 g/mol. The van der Waals surface area contributed by atoms with E-state index in [0.717, 1.165) is 54.4 Å². The van der Waals surface area contributed by atoms with Gasteiger partial charge in [-0.2, -0.15) is 0 Å². The lowest BCUT2D eigenvalue weighted by Gasteiger charge is -2.12. The van der Waals surface area contributed by atoms with Crippen LogP contribution in [0.25, 0.3) is 120 Å². The van der Waals surface area contributed by atoms with Crippen molar-refractivity contribution in [1.29, 1.82) is 0 Å². The third-order valence-electron chi connectivity index (χ3n) is 10.9. The van der Waals surface area contributed by atoms with Gasteiger partial charge in [0.25, 0.3) is 0 Å². The Kier molecular flexibility index (Phi) is 3.85. The Bertz CT molecular complexity index is 3340. The van der Waals surface area contributed by atoms with Gasteiger partial charge in [0, 0.05) is 78.6 Å². The molecule has 0 aliphatic carbocycles. The standard InChI is InChI=1S/C42H20N6/c1-3-13-31-23(7-1)25-9-5-11-27-33-37-38(46-36-30-20-44-18-16-22(30)21-15-17-43-19-29(21)35(36)45-37)34-28-12-6-10-26-24-8-2-4-14-32(24)48(40(26)28)42(34)41(33)47(31)39(25)27/h1-20H. The molecule has 6 aromatic carbocycles. The van der Waals surface area contributed by atoms with Crippen molar-refractivity contribution < 1.29 is 0 Å². The minimum absolute atomic E-state index is 0.850. The first-order valence-corrected chi connectivity index (χ1v) is 16.2. The van der Waals surface area contributed by atoms with Crippen molar-refractivity contribution >= 4 is 120 Å². The molecule has 0 amide bonds. The quantitative estimate of drug-likeness (QED) is 0.127. The predicted octanol–water partition coefficient (Wildman–Crippen LogP) is 10.2. The average molecular weight is 609 g/mol. The van der Waals surface area contributed by atoms with Gasteiger partial charge >= 0.3 is 0 Å². The fourth-order valence-electron chi connectivity index (χ4n) is 9.11. The number of hydrogen-bond acceptors (Lipinski definition) is 4. The van der Waals surface area contributed by atoms with Crippen molar-refractivity contribution in [3.05, 3.63) is 122 Å². The zero-order valence-corrected chi connectivity index (χ0v) is 25.2. The van der Waals surface area contributed by atoms with Gasteiger partial charge < -0.3 is 8.80 Å². The number of benzene rings is 6. The number of nitrogens with zero attached hydrogens (tertiary/aromatic N) is 6. The van der Waals surface area contributed by atoms with Gasteiger partial charge in [0.15, 0.2) is 0 Å². The lowest BCUT2D eigenvalue weighted by Crippen LogP contribution is -1.95. The van der Waals surface area contributed by atoms with Gasteiger partial charge in [-0.15, -0.1) is 0 Å². The molecule has 0 N–H and O–H groups in total. The molecule has 6 nitrogen and oxygen atoms in total. The van der Waals surface area contributed by atoms with Crippen molar-refractivity contribution in [3.63, 3.8) is 0 Å². The average Bonchev–Trinajstić information content (AvgIpc) is 3.88. The van der Waals surface area contributed by atoms with Gasteiger partial charge in [0.1, 0.15) is 11.0 Å². The van der Waals surface area contributed by atoms with Gasteiger partial charge in [-0.3, -0.25) is 9.97 Å². The molecule has 0 spiro atoms. The van der Waals surface area contributed by atoms with Crippen LogP contribution in [-0.4, -0.2) is 28.7 Å². The molecular weight excluding hydrogens is 589 g/mol. The Morgan fingerprint density at radius 2 is 0.771 bits per heavy atom. The maximum absolute atomic E-state index is 5.66. The van der Waals surface area contributed by atoms with Gasteiger partial charge in [-0.25, -0.2) is 9.97 Å². The van der Waals surface area contributed by atoms with Gasteiger partial charge in [-0.05, 0) is 35.0 Å². The molecule has 7 aromatic heterocycles. The minimum Gasteiger partial charge on any atom is -0.306 e. The molecule has 0 radical (unpaired) electrons. The molecule has 0 saturated heterocycles. The third kappa shape index (κ3) is 2.46. The van der Waals surface area contributed by atoms with Crippen LogP contribution < -0.4 is 0 Å². The minimum atomic E-state index is 0.850. The van der Waals surface area contributed by atoms with Crippen LogP contribution in [0.4, 0.5) is 0 Å². The van der Waals surface area contributed by atoms with E-state index >= 15 is 0 Å². The molecule has 0 aliphatic rings. The van der Waals surface area contributed by atoms with E-state index in [4.69, 9.17) is 9.97 Å². The van der Waals surface area contributed by atoms with Crippen molar-refractivity contribution in [2.45, 2.75) is 0 Å². The lowest BCUT2D eigenvalue weighted by molar-refractivity contribution is 1.33. The zero-order valence-electron chi connectivity index (χ0n) is 25.2. The van der Waals surface area contributed by atoms with Gasteiger partial charge in [0.05, 0.1) is 44.1 Å². The summed E-state index contributed by atoms with van der Waals surface area (Å²) in [5.41, 5.74) is 10.7. The summed E-state index contributed by atoms with van der Waals surface area (Å²) in [5.74, 6) is 0. The Hall–Kier alpha value is -6.66. The SMILES string of the molecule is c1ccc2c(c1)c1cccc3c4c5nc6c7cnccc7c7ccncc7c6nc5c5c6cccc7c8ccccc8n(c76)c5c4n2c13. The zero-order chi connectivity index (χ0) is 30.8. The summed E-state index contributed by atoms with van der Waals surface area (Å²) < 4.78 is 4.99. The first kappa shape index (κ1) is 23.6. The van der Waals surface area contributed by atoms with E-state index in [1.807, 2.05) is 24.8 Å². The Morgan fingerprint density at radius 1 is 0.333 bits per heavy atom. The van der Waals surface area contributed by atoms with Crippen molar-refractivity contribution in [1.82, 2.24) is 28.7 Å². The highest BCUT2D eigenvalue weighted by Gasteiger charge is 2.28. The Balaban J connectivity index is 1.45. The number of hydrogen-bond donors (Lipinski definition) is 0. The lowest BCUT2D eigenvalue weighted by atomic mass is 10.00. The summed E-state index contributed by atoms with van der Waals surface area (Å²) in [6.45, 7) is 0. The number of aromatic nitrogens is 6. The van der Waals surface area contributed by atoms with Crippen LogP contribution in [-0.2, 0) is 0 Å². The van der Waals surface area contributed by atoms with E-state index in [1.165, 1.54) is 65.4 Å². The van der Waals surface area contributed by atoms with E-state index in [1.54, 1.807) is 0 Å². The van der Waals surface area contributed by atoms with Gasteiger partial charge in [-0.1, -0.05) is 72.8 Å². The van der Waals surface area contributed by atoms with Crippen LogP contribution in [0.1, 0.15) is 0 Å². The largest absolute Gasteiger partial charge is 0.306 e. The highest BCUT2D eigenvalue weighted by atomic mass is 15.0. The molecule has 7 heterocycles. The summed E-state index contributed by atoms with van der Waals surface area (Å²) >= 11 is 0. The molecule has 0 aliphatic heterocycles. The first-order chi connectivity index (χ1) is 23.9. The fourth-order valence-corrected chi connectivity index (χ4v) is 9.11. The van der Waals surface area contributed by atoms with E-state index in [-0.39, 0.29) is 0 Å². The number of fused-ring (bicyclic) bond motifs is 22. The highest BCUT2D eigenvalue weighted by Crippen LogP contribution is 2.49. The summed E-state index contributed by atoms with van der Waals surface area (Å²) in [7, 11) is 0. The molecule has 0 atom stereocenters. The molecular formula is C42H20N6. The van der Waals surface area contributed by atoms with Crippen LogP contribution in [0, 0.1) is 0 Å². The highest BCUT2D eigenvalue weighted by molar-refractivity contribution is 6.40. The molecule has 0 saturated carbocycles. The number of para-hydroxylation sites is 4. The number of pyridine rings is 2. The molecule has 48 heavy (non-hydrogen) atoms. The van der Waals surface area contributed by atoms with Crippen LogP contribution >= 0.6 is 0 Å². The molecule has 13 rings (SSSR count). The maximum atomic E-state index is 5.66. The van der Waals surface area contributed by atoms with Crippen molar-refractivity contribution in [2.75, 3.05) is 0 Å². The second kappa shape index (κ2) is 7.82. The Labute approximate surface area is 269 Å². The van der Waals surface area contributed by atoms with E-state index < -0.39 is 0 Å². The van der Waals surface area contributed by atoms with Crippen LogP contribution in [0.3, 0.4) is 0 Å². The summed E-state index contributed by atoms with van der Waals surface area (Å²) in [6.07, 6.45) is 7.57. The predicted molar refractivity (Wildman–Crippen MR) is 197 cm³/mol. The van der Waals surface area contributed by atoms with Crippen LogP contribution in [0.5, 0.6) is 0 Å². The second-order valence-corrected chi connectivity index (χ2v) is 13.0. The fraction of sp³-hybridized carbons (Fsp3) is 0. The van der Waals surface area contributed by atoms with E-state index in [9.17, 15) is 0 Å². The molecule has 13 aromatic rings. The van der Waals surface area contributed by atoms with Crippen molar-refractivity contribution in [3.8, 4) is 0 Å². The van der Waals surface area contributed by atoms with Gasteiger partial charge in [0.2, 0.25) is 0 Å². The van der Waals surface area contributed by atoms with Crippen molar-refractivity contribution in [2.24, 2.45) is 0 Å². The number of rotatable bonds is 0. The summed E-state index contributed by atoms with van der Waals surface area (Å²) in [4.78, 5) is 20.4. The summed E-state index contributed by atoms with van der Waals surface area (Å²) in [5, 5.41) is 13.9.